The third kappa shape index (κ3) is 4.18. The van der Waals surface area contributed by atoms with Crippen LogP contribution in [0.3, 0.4) is 0 Å². The number of alkyl halides is 3. The Morgan fingerprint density at radius 3 is 2.31 bits per heavy atom. The number of anilines is 1. The number of thioether (sulfide) groups is 1. The zero-order valence-corrected chi connectivity index (χ0v) is 16.7. The molecule has 0 saturated carbocycles. The summed E-state index contributed by atoms with van der Waals surface area (Å²) in [5, 5.41) is 9.99. The molecule has 0 radical (unpaired) electrons. The van der Waals surface area contributed by atoms with Crippen LogP contribution in [0.2, 0.25) is 0 Å². The molecule has 2 aromatic rings. The van der Waals surface area contributed by atoms with Crippen LogP contribution in [-0.4, -0.2) is 29.6 Å². The van der Waals surface area contributed by atoms with Crippen molar-refractivity contribution in [2.45, 2.75) is 6.18 Å². The maximum atomic E-state index is 13.0. The first kappa shape index (κ1) is 21.0. The van der Waals surface area contributed by atoms with Gasteiger partial charge in [0.25, 0.3) is 5.91 Å². The van der Waals surface area contributed by atoms with E-state index in [-0.39, 0.29) is 32.2 Å². The average molecular weight is 441 g/mol. The Bertz CT molecular complexity index is 996. The van der Waals surface area contributed by atoms with Crippen LogP contribution >= 0.6 is 24.0 Å². The van der Waals surface area contributed by atoms with E-state index >= 15 is 0 Å². The molecule has 10 heteroatoms. The molecule has 0 aliphatic carbocycles. The van der Waals surface area contributed by atoms with E-state index in [9.17, 15) is 23.1 Å². The molecule has 1 N–H and O–H groups in total. The predicted octanol–water partition coefficient (Wildman–Crippen LogP) is 4.83. The highest BCUT2D eigenvalue weighted by Crippen LogP contribution is 2.41. The summed E-state index contributed by atoms with van der Waals surface area (Å²) in [5.74, 6) is -0.457. The van der Waals surface area contributed by atoms with E-state index in [0.717, 1.165) is 28.8 Å². The van der Waals surface area contributed by atoms with Gasteiger partial charge in [0, 0.05) is 0 Å². The molecule has 5 nitrogen and oxygen atoms in total. The number of phenols is 1. The number of amides is 1. The minimum Gasteiger partial charge on any atom is -0.502 e. The molecule has 0 bridgehead atoms. The fraction of sp³-hybridized carbons (Fsp3) is 0.158. The standard InChI is InChI=1S/C19H14F3NO4S2/c1-26-13-6-10(7-14(27-2)16(13)24)8-15-17(25)23(18(28)29-15)12-5-3-4-11(9-12)19(20,21)22/h3-9,24H,1-2H3/b15-8-. The van der Waals surface area contributed by atoms with E-state index < -0.39 is 17.6 Å². The molecule has 1 saturated heterocycles. The molecule has 1 amide bonds. The Morgan fingerprint density at radius 2 is 1.76 bits per heavy atom. The number of hydrogen-bond donors (Lipinski definition) is 1. The minimum atomic E-state index is -4.54. The monoisotopic (exact) mass is 441 g/mol. The molecule has 0 spiro atoms. The number of halogens is 3. The van der Waals surface area contributed by atoms with E-state index in [1.165, 1.54) is 44.6 Å². The highest BCUT2D eigenvalue weighted by atomic mass is 32.2. The van der Waals surface area contributed by atoms with Crippen molar-refractivity contribution in [2.75, 3.05) is 19.1 Å². The summed E-state index contributed by atoms with van der Waals surface area (Å²) < 4.78 is 49.2. The van der Waals surface area contributed by atoms with Crippen molar-refractivity contribution in [2.24, 2.45) is 0 Å². The smallest absolute Gasteiger partial charge is 0.416 e. The lowest BCUT2D eigenvalue weighted by Gasteiger charge is -2.16. The molecule has 0 atom stereocenters. The minimum absolute atomic E-state index is 0.0339. The summed E-state index contributed by atoms with van der Waals surface area (Å²) in [6.07, 6.45) is -3.04. The summed E-state index contributed by atoms with van der Waals surface area (Å²) in [5.41, 5.74) is -0.353. The fourth-order valence-electron chi connectivity index (χ4n) is 2.66. The second kappa shape index (κ2) is 7.96. The van der Waals surface area contributed by atoms with Crippen molar-refractivity contribution in [3.63, 3.8) is 0 Å². The number of carbonyl (C=O) groups excluding carboxylic acids is 1. The Morgan fingerprint density at radius 1 is 1.14 bits per heavy atom. The van der Waals surface area contributed by atoms with Crippen molar-refractivity contribution in [1.82, 2.24) is 0 Å². The second-order valence-electron chi connectivity index (χ2n) is 5.84. The van der Waals surface area contributed by atoms with Crippen LogP contribution in [0.15, 0.2) is 41.3 Å². The van der Waals surface area contributed by atoms with Gasteiger partial charge in [0.05, 0.1) is 30.4 Å². The molecule has 1 heterocycles. The molecule has 152 valence electrons. The molecule has 1 aliphatic heterocycles. The molecule has 2 aromatic carbocycles. The summed E-state index contributed by atoms with van der Waals surface area (Å²) in [7, 11) is 2.73. The van der Waals surface area contributed by atoms with Gasteiger partial charge in [-0.2, -0.15) is 13.2 Å². The second-order valence-corrected chi connectivity index (χ2v) is 7.52. The fourth-order valence-corrected chi connectivity index (χ4v) is 3.96. The SMILES string of the molecule is COc1cc(/C=C2\SC(=S)N(c3cccc(C(F)(F)F)c3)C2=O)cc(OC)c1O. The van der Waals surface area contributed by atoms with Gasteiger partial charge in [-0.05, 0) is 42.0 Å². The van der Waals surface area contributed by atoms with Gasteiger partial charge in [0.15, 0.2) is 15.8 Å². The van der Waals surface area contributed by atoms with Crippen molar-refractivity contribution >= 4 is 46.0 Å². The van der Waals surface area contributed by atoms with E-state index in [1.54, 1.807) is 0 Å². The summed E-state index contributed by atoms with van der Waals surface area (Å²) in [6.45, 7) is 0. The van der Waals surface area contributed by atoms with Crippen molar-refractivity contribution < 1.29 is 32.5 Å². The normalized spacial score (nSPS) is 15.9. The summed E-state index contributed by atoms with van der Waals surface area (Å²) in [4.78, 5) is 14.1. The molecular formula is C19H14F3NO4S2. The lowest BCUT2D eigenvalue weighted by Crippen LogP contribution is -2.27. The number of phenolic OH excluding ortho intramolecular Hbond substituents is 1. The molecule has 0 aromatic heterocycles. The highest BCUT2D eigenvalue weighted by molar-refractivity contribution is 8.27. The Labute approximate surface area is 173 Å². The van der Waals surface area contributed by atoms with Gasteiger partial charge in [-0.3, -0.25) is 9.69 Å². The maximum absolute atomic E-state index is 13.0. The largest absolute Gasteiger partial charge is 0.502 e. The van der Waals surface area contributed by atoms with Crippen molar-refractivity contribution in [3.8, 4) is 17.2 Å². The number of methoxy groups -OCH3 is 2. The van der Waals surface area contributed by atoms with Gasteiger partial charge in [-0.1, -0.05) is 30.0 Å². The number of hydrogen-bond acceptors (Lipinski definition) is 6. The van der Waals surface area contributed by atoms with Crippen molar-refractivity contribution in [3.05, 3.63) is 52.4 Å². The van der Waals surface area contributed by atoms with Crippen molar-refractivity contribution in [1.29, 1.82) is 0 Å². The van der Waals surface area contributed by atoms with Gasteiger partial charge in [0.2, 0.25) is 5.75 Å². The molecule has 1 fully saturated rings. The van der Waals surface area contributed by atoms with Gasteiger partial charge in [-0.15, -0.1) is 0 Å². The predicted molar refractivity (Wildman–Crippen MR) is 108 cm³/mol. The Kier molecular flexibility index (Phi) is 5.76. The molecule has 0 unspecified atom stereocenters. The lowest BCUT2D eigenvalue weighted by molar-refractivity contribution is -0.137. The number of carbonyl (C=O) groups is 1. The number of rotatable bonds is 4. The molecular weight excluding hydrogens is 427 g/mol. The number of thiocarbonyl (C=S) groups is 1. The lowest BCUT2D eigenvalue weighted by atomic mass is 10.1. The average Bonchev–Trinajstić information content (AvgIpc) is 2.95. The Balaban J connectivity index is 1.98. The quantitative estimate of drug-likeness (QED) is 0.542. The van der Waals surface area contributed by atoms with Gasteiger partial charge >= 0.3 is 6.18 Å². The summed E-state index contributed by atoms with van der Waals surface area (Å²) >= 11 is 6.16. The van der Waals surface area contributed by atoms with Crippen LogP contribution in [0.5, 0.6) is 17.2 Å². The van der Waals surface area contributed by atoms with E-state index in [2.05, 4.69) is 0 Å². The molecule has 3 rings (SSSR count). The zero-order valence-electron chi connectivity index (χ0n) is 15.1. The van der Waals surface area contributed by atoms with Crippen LogP contribution in [0, 0.1) is 0 Å². The maximum Gasteiger partial charge on any atom is 0.416 e. The zero-order chi connectivity index (χ0) is 21.3. The Hall–Kier alpha value is -2.72. The number of aromatic hydroxyl groups is 1. The highest BCUT2D eigenvalue weighted by Gasteiger charge is 2.36. The number of ether oxygens (including phenoxy) is 2. The molecule has 29 heavy (non-hydrogen) atoms. The van der Waals surface area contributed by atoms with Crippen LogP contribution in [-0.2, 0) is 11.0 Å². The van der Waals surface area contributed by atoms with E-state index in [1.807, 2.05) is 0 Å². The third-order valence-corrected chi connectivity index (χ3v) is 5.33. The van der Waals surface area contributed by atoms with E-state index in [0.29, 0.717) is 5.56 Å². The van der Waals surface area contributed by atoms with Gasteiger partial charge < -0.3 is 14.6 Å². The summed E-state index contributed by atoms with van der Waals surface area (Å²) in [6, 6.07) is 7.39. The van der Waals surface area contributed by atoms with Crippen LogP contribution in [0.1, 0.15) is 11.1 Å². The first-order chi connectivity index (χ1) is 13.7. The third-order valence-electron chi connectivity index (χ3n) is 4.03. The van der Waals surface area contributed by atoms with Gasteiger partial charge in [0.1, 0.15) is 0 Å². The van der Waals surface area contributed by atoms with E-state index in [4.69, 9.17) is 21.7 Å². The number of nitrogens with zero attached hydrogens (tertiary/aromatic N) is 1. The van der Waals surface area contributed by atoms with Crippen LogP contribution in [0.25, 0.3) is 6.08 Å². The van der Waals surface area contributed by atoms with Crippen LogP contribution < -0.4 is 14.4 Å². The number of benzene rings is 2. The van der Waals surface area contributed by atoms with Gasteiger partial charge in [-0.25, -0.2) is 0 Å². The first-order valence-electron chi connectivity index (χ1n) is 8.06. The first-order valence-corrected chi connectivity index (χ1v) is 9.28. The topological polar surface area (TPSA) is 59.0 Å². The molecule has 1 aliphatic rings. The van der Waals surface area contributed by atoms with Crippen LogP contribution in [0.4, 0.5) is 18.9 Å².